The number of nitrogen functional groups attached to an aromatic ring is 1. The van der Waals surface area contributed by atoms with Crippen molar-refractivity contribution < 1.29 is 8.42 Å². The smallest absolute Gasteiger partial charge is 0.240 e. The van der Waals surface area contributed by atoms with Crippen LogP contribution in [0.25, 0.3) is 0 Å². The van der Waals surface area contributed by atoms with E-state index in [4.69, 9.17) is 5.73 Å². The van der Waals surface area contributed by atoms with Crippen LogP contribution in [-0.4, -0.2) is 14.5 Å². The average molecular weight is 240 g/mol. The predicted octanol–water partition coefficient (Wildman–Crippen LogP) is 1.49. The fourth-order valence-corrected chi connectivity index (χ4v) is 3.28. The molecule has 0 saturated heterocycles. The first-order valence-electron chi connectivity index (χ1n) is 5.46. The Hall–Kier alpha value is -1.07. The van der Waals surface area contributed by atoms with Gasteiger partial charge < -0.3 is 5.73 Å². The lowest BCUT2D eigenvalue weighted by molar-refractivity contribution is 0.552. The number of rotatable bonds is 3. The molecule has 0 aromatic heterocycles. The maximum Gasteiger partial charge on any atom is 0.240 e. The molecule has 1 fully saturated rings. The van der Waals surface area contributed by atoms with Crippen LogP contribution in [-0.2, 0) is 10.0 Å². The minimum absolute atomic E-state index is 0.0996. The van der Waals surface area contributed by atoms with Crippen molar-refractivity contribution in [2.45, 2.75) is 36.6 Å². The van der Waals surface area contributed by atoms with E-state index in [1.54, 1.807) is 12.1 Å². The Morgan fingerprint density at radius 2 is 1.69 bits per heavy atom. The molecule has 1 aromatic rings. The van der Waals surface area contributed by atoms with Gasteiger partial charge in [0.1, 0.15) is 0 Å². The number of nitrogens with two attached hydrogens (primary N) is 1. The topological polar surface area (TPSA) is 72.2 Å². The largest absolute Gasteiger partial charge is 0.399 e. The summed E-state index contributed by atoms with van der Waals surface area (Å²) >= 11 is 0. The van der Waals surface area contributed by atoms with Crippen LogP contribution in [0.3, 0.4) is 0 Å². The summed E-state index contributed by atoms with van der Waals surface area (Å²) in [5, 5.41) is 0. The summed E-state index contributed by atoms with van der Waals surface area (Å²) in [7, 11) is -3.37. The van der Waals surface area contributed by atoms with Gasteiger partial charge in [-0.3, -0.25) is 0 Å². The number of hydrogen-bond donors (Lipinski definition) is 2. The predicted molar refractivity (Wildman–Crippen MR) is 63.4 cm³/mol. The molecule has 1 saturated carbocycles. The standard InChI is InChI=1S/C11H16N2O2S/c12-9-5-7-11(8-6-9)16(14,15)13-10-3-1-2-4-10/h5-8,10,13H,1-4,12H2. The molecule has 2 rings (SSSR count). The van der Waals surface area contributed by atoms with Gasteiger partial charge in [-0.05, 0) is 37.1 Å². The van der Waals surface area contributed by atoms with E-state index in [1.807, 2.05) is 0 Å². The van der Waals surface area contributed by atoms with Crippen molar-refractivity contribution in [1.29, 1.82) is 0 Å². The van der Waals surface area contributed by atoms with Crippen molar-refractivity contribution in [2.24, 2.45) is 0 Å². The Morgan fingerprint density at radius 1 is 1.12 bits per heavy atom. The molecule has 0 spiro atoms. The molecule has 1 aromatic carbocycles. The quantitative estimate of drug-likeness (QED) is 0.786. The van der Waals surface area contributed by atoms with E-state index in [1.165, 1.54) is 12.1 Å². The lowest BCUT2D eigenvalue weighted by Crippen LogP contribution is -2.32. The summed E-state index contributed by atoms with van der Waals surface area (Å²) in [6.45, 7) is 0. The Balaban J connectivity index is 2.14. The van der Waals surface area contributed by atoms with Gasteiger partial charge in [0, 0.05) is 11.7 Å². The molecule has 4 nitrogen and oxygen atoms in total. The summed E-state index contributed by atoms with van der Waals surface area (Å²) < 4.78 is 26.6. The highest BCUT2D eigenvalue weighted by Crippen LogP contribution is 2.20. The number of benzene rings is 1. The molecular weight excluding hydrogens is 224 g/mol. The zero-order chi connectivity index (χ0) is 11.6. The second kappa shape index (κ2) is 4.43. The van der Waals surface area contributed by atoms with Gasteiger partial charge in [0.25, 0.3) is 0 Å². The van der Waals surface area contributed by atoms with Crippen LogP contribution in [0, 0.1) is 0 Å². The molecular formula is C11H16N2O2S. The zero-order valence-electron chi connectivity index (χ0n) is 9.02. The van der Waals surface area contributed by atoms with E-state index in [-0.39, 0.29) is 10.9 Å². The molecule has 3 N–H and O–H groups in total. The summed E-state index contributed by atoms with van der Waals surface area (Å²) in [6.07, 6.45) is 4.09. The van der Waals surface area contributed by atoms with Crippen molar-refractivity contribution >= 4 is 15.7 Å². The van der Waals surface area contributed by atoms with E-state index in [0.717, 1.165) is 25.7 Å². The van der Waals surface area contributed by atoms with Gasteiger partial charge in [-0.15, -0.1) is 0 Å². The maximum absolute atomic E-state index is 11.9. The van der Waals surface area contributed by atoms with Crippen LogP contribution in [0.1, 0.15) is 25.7 Å². The summed E-state index contributed by atoms with van der Waals surface area (Å²) in [5.74, 6) is 0. The second-order valence-corrected chi connectivity index (χ2v) is 5.89. The summed E-state index contributed by atoms with van der Waals surface area (Å²) in [4.78, 5) is 0.286. The first kappa shape index (κ1) is 11.4. The van der Waals surface area contributed by atoms with E-state index < -0.39 is 10.0 Å². The van der Waals surface area contributed by atoms with Crippen molar-refractivity contribution in [3.05, 3.63) is 24.3 Å². The first-order chi connectivity index (χ1) is 7.58. The van der Waals surface area contributed by atoms with Crippen molar-refractivity contribution in [2.75, 3.05) is 5.73 Å². The van der Waals surface area contributed by atoms with Crippen molar-refractivity contribution in [1.82, 2.24) is 4.72 Å². The normalized spacial score (nSPS) is 17.8. The minimum Gasteiger partial charge on any atom is -0.399 e. The van der Waals surface area contributed by atoms with Crippen LogP contribution < -0.4 is 10.5 Å². The van der Waals surface area contributed by atoms with E-state index >= 15 is 0 Å². The van der Waals surface area contributed by atoms with Crippen LogP contribution in [0.15, 0.2) is 29.2 Å². The molecule has 0 atom stereocenters. The van der Waals surface area contributed by atoms with Gasteiger partial charge in [-0.1, -0.05) is 12.8 Å². The fourth-order valence-electron chi connectivity index (χ4n) is 1.98. The third kappa shape index (κ3) is 2.54. The molecule has 88 valence electrons. The number of nitrogens with one attached hydrogen (secondary N) is 1. The number of hydrogen-bond acceptors (Lipinski definition) is 3. The Morgan fingerprint density at radius 3 is 2.25 bits per heavy atom. The SMILES string of the molecule is Nc1ccc(S(=O)(=O)NC2CCCC2)cc1. The monoisotopic (exact) mass is 240 g/mol. The second-order valence-electron chi connectivity index (χ2n) is 4.17. The van der Waals surface area contributed by atoms with E-state index in [9.17, 15) is 8.42 Å². The molecule has 0 radical (unpaired) electrons. The van der Waals surface area contributed by atoms with Crippen LogP contribution in [0.2, 0.25) is 0 Å². The van der Waals surface area contributed by atoms with Crippen molar-refractivity contribution in [3.8, 4) is 0 Å². The lowest BCUT2D eigenvalue weighted by Gasteiger charge is -2.12. The number of anilines is 1. The highest BCUT2D eigenvalue weighted by Gasteiger charge is 2.22. The molecule has 0 bridgehead atoms. The van der Waals surface area contributed by atoms with E-state index in [0.29, 0.717) is 5.69 Å². The van der Waals surface area contributed by atoms with Gasteiger partial charge in [0.2, 0.25) is 10.0 Å². The average Bonchev–Trinajstić information content (AvgIpc) is 2.70. The summed E-state index contributed by atoms with van der Waals surface area (Å²) in [6, 6.07) is 6.37. The molecule has 1 aliphatic carbocycles. The molecule has 0 aliphatic heterocycles. The third-order valence-electron chi connectivity index (χ3n) is 2.87. The van der Waals surface area contributed by atoms with E-state index in [2.05, 4.69) is 4.72 Å². The Bertz CT molecular complexity index is 447. The Kier molecular flexibility index (Phi) is 3.16. The lowest BCUT2D eigenvalue weighted by atomic mass is 10.3. The molecule has 0 heterocycles. The zero-order valence-corrected chi connectivity index (χ0v) is 9.83. The molecule has 1 aliphatic rings. The van der Waals surface area contributed by atoms with Gasteiger partial charge in [0.15, 0.2) is 0 Å². The number of sulfonamides is 1. The van der Waals surface area contributed by atoms with Crippen LogP contribution in [0.4, 0.5) is 5.69 Å². The van der Waals surface area contributed by atoms with Crippen molar-refractivity contribution in [3.63, 3.8) is 0 Å². The highest BCUT2D eigenvalue weighted by atomic mass is 32.2. The molecule has 0 amide bonds. The third-order valence-corrected chi connectivity index (χ3v) is 4.40. The van der Waals surface area contributed by atoms with Gasteiger partial charge in [-0.25, -0.2) is 13.1 Å². The summed E-state index contributed by atoms with van der Waals surface area (Å²) in [5.41, 5.74) is 6.09. The van der Waals surface area contributed by atoms with Gasteiger partial charge in [0.05, 0.1) is 4.90 Å². The fraction of sp³-hybridized carbons (Fsp3) is 0.455. The van der Waals surface area contributed by atoms with Crippen LogP contribution in [0.5, 0.6) is 0 Å². The van der Waals surface area contributed by atoms with Crippen LogP contribution >= 0.6 is 0 Å². The Labute approximate surface area is 95.9 Å². The minimum atomic E-state index is -3.37. The molecule has 5 heteroatoms. The molecule has 0 unspecified atom stereocenters. The first-order valence-corrected chi connectivity index (χ1v) is 6.94. The highest BCUT2D eigenvalue weighted by molar-refractivity contribution is 7.89. The molecule has 16 heavy (non-hydrogen) atoms. The van der Waals surface area contributed by atoms with Gasteiger partial charge in [-0.2, -0.15) is 0 Å². The maximum atomic E-state index is 11.9. The van der Waals surface area contributed by atoms with Gasteiger partial charge >= 0.3 is 0 Å².